The molecule has 8 nitrogen and oxygen atoms in total. The Labute approximate surface area is 139 Å². The summed E-state index contributed by atoms with van der Waals surface area (Å²) in [6, 6.07) is 3.98. The van der Waals surface area contributed by atoms with Crippen LogP contribution in [0.15, 0.2) is 18.2 Å². The van der Waals surface area contributed by atoms with Crippen molar-refractivity contribution in [3.8, 4) is 5.75 Å². The molecule has 1 atom stereocenters. The van der Waals surface area contributed by atoms with Crippen molar-refractivity contribution in [2.24, 2.45) is 0 Å². The Morgan fingerprint density at radius 3 is 2.62 bits per heavy atom. The fourth-order valence-corrected chi connectivity index (χ4v) is 2.59. The minimum absolute atomic E-state index is 0.166. The Kier molecular flexibility index (Phi) is 4.77. The van der Waals surface area contributed by atoms with Crippen molar-refractivity contribution in [3.63, 3.8) is 0 Å². The number of nitrogens with zero attached hydrogens (tertiary/aromatic N) is 2. The molecule has 130 valence electrons. The van der Waals surface area contributed by atoms with Crippen LogP contribution in [0.5, 0.6) is 5.75 Å². The Bertz CT molecular complexity index is 685. The van der Waals surface area contributed by atoms with Crippen LogP contribution in [0.3, 0.4) is 0 Å². The number of carbonyl (C=O) groups is 2. The molecule has 1 amide bonds. The van der Waals surface area contributed by atoms with Gasteiger partial charge >= 0.3 is 5.97 Å². The smallest absolute Gasteiger partial charge is 0.331 e. The van der Waals surface area contributed by atoms with Crippen molar-refractivity contribution in [3.05, 3.63) is 28.3 Å². The number of hydrogen-bond acceptors (Lipinski definition) is 6. The number of ether oxygens (including phenoxy) is 2. The molecule has 0 saturated carbocycles. The number of rotatable bonds is 5. The average Bonchev–Trinajstić information content (AvgIpc) is 2.53. The van der Waals surface area contributed by atoms with Gasteiger partial charge in [-0.15, -0.1) is 0 Å². The summed E-state index contributed by atoms with van der Waals surface area (Å²) in [5.74, 6) is -0.694. The first-order valence-electron chi connectivity index (χ1n) is 7.70. The number of hydrogen-bond donors (Lipinski definition) is 0. The largest absolute Gasteiger partial charge is 0.478 e. The van der Waals surface area contributed by atoms with Crippen LogP contribution in [0.25, 0.3) is 0 Å². The maximum atomic E-state index is 12.8. The summed E-state index contributed by atoms with van der Waals surface area (Å²) in [5.41, 5.74) is -1.32. The zero-order valence-electron chi connectivity index (χ0n) is 14.1. The van der Waals surface area contributed by atoms with E-state index in [0.717, 1.165) is 0 Å². The van der Waals surface area contributed by atoms with E-state index in [4.69, 9.17) is 9.47 Å². The second kappa shape index (κ2) is 6.46. The first-order valence-corrected chi connectivity index (χ1v) is 7.70. The van der Waals surface area contributed by atoms with Gasteiger partial charge in [0.2, 0.25) is 0 Å². The minimum atomic E-state index is -1.33. The van der Waals surface area contributed by atoms with Crippen LogP contribution in [0, 0.1) is 10.1 Å². The van der Waals surface area contributed by atoms with Gasteiger partial charge in [-0.2, -0.15) is 0 Å². The summed E-state index contributed by atoms with van der Waals surface area (Å²) >= 11 is 0. The number of fused-ring (bicyclic) bond motifs is 1. The zero-order valence-corrected chi connectivity index (χ0v) is 14.1. The molecule has 8 heteroatoms. The monoisotopic (exact) mass is 336 g/mol. The molecule has 1 aliphatic rings. The second-order valence-electron chi connectivity index (χ2n) is 5.88. The highest BCUT2D eigenvalue weighted by Crippen LogP contribution is 2.41. The molecule has 0 bridgehead atoms. The van der Waals surface area contributed by atoms with E-state index in [0.29, 0.717) is 12.2 Å². The highest BCUT2D eigenvalue weighted by atomic mass is 16.6. The van der Waals surface area contributed by atoms with Crippen molar-refractivity contribution in [2.75, 3.05) is 11.5 Å². The van der Waals surface area contributed by atoms with Gasteiger partial charge in [0.1, 0.15) is 11.3 Å². The summed E-state index contributed by atoms with van der Waals surface area (Å²) < 4.78 is 10.7. The van der Waals surface area contributed by atoms with Crippen molar-refractivity contribution in [1.82, 2.24) is 0 Å². The molecule has 0 N–H and O–H groups in total. The second-order valence-corrected chi connectivity index (χ2v) is 5.88. The lowest BCUT2D eigenvalue weighted by molar-refractivity contribution is -0.384. The Morgan fingerprint density at radius 1 is 1.42 bits per heavy atom. The average molecular weight is 336 g/mol. The first kappa shape index (κ1) is 17.7. The summed E-state index contributed by atoms with van der Waals surface area (Å²) in [6.45, 7) is 6.71. The molecule has 1 aromatic carbocycles. The van der Waals surface area contributed by atoms with E-state index < -0.39 is 28.4 Å². The van der Waals surface area contributed by atoms with Gasteiger partial charge in [-0.3, -0.25) is 19.8 Å². The predicted molar refractivity (Wildman–Crippen MR) is 86.0 cm³/mol. The van der Waals surface area contributed by atoms with Crippen LogP contribution < -0.4 is 9.64 Å². The van der Waals surface area contributed by atoms with Gasteiger partial charge in [-0.25, -0.2) is 4.79 Å². The number of carbonyl (C=O) groups excluding carboxylic acids is 2. The minimum Gasteiger partial charge on any atom is -0.478 e. The van der Waals surface area contributed by atoms with Gasteiger partial charge in [0.15, 0.2) is 6.10 Å². The Hall–Kier alpha value is -2.64. The number of amides is 1. The van der Waals surface area contributed by atoms with E-state index in [1.807, 2.05) is 0 Å². The number of benzene rings is 1. The molecule has 0 spiro atoms. The van der Waals surface area contributed by atoms with Gasteiger partial charge < -0.3 is 9.47 Å². The van der Waals surface area contributed by atoms with E-state index in [9.17, 15) is 19.7 Å². The highest BCUT2D eigenvalue weighted by molar-refractivity contribution is 6.06. The van der Waals surface area contributed by atoms with Crippen molar-refractivity contribution in [2.45, 2.75) is 45.8 Å². The molecule has 2 rings (SSSR count). The lowest BCUT2D eigenvalue weighted by atomic mass is 9.98. The molecule has 1 heterocycles. The quantitative estimate of drug-likeness (QED) is 0.465. The molecule has 1 aromatic rings. The molecular formula is C16H20N2O6. The SMILES string of the molecule is CCOC(=O)C(C)(C)N1C(=O)C(CC)Oc2ccc([N+](=O)[O-])cc21. The van der Waals surface area contributed by atoms with E-state index in [-0.39, 0.29) is 18.0 Å². The molecule has 24 heavy (non-hydrogen) atoms. The standard InChI is InChI=1S/C16H20N2O6/c1-5-12-14(19)17(16(3,4)15(20)23-6-2)11-9-10(18(21)22)7-8-13(11)24-12/h7-9,12H,5-6H2,1-4H3. The van der Waals surface area contributed by atoms with E-state index >= 15 is 0 Å². The number of non-ortho nitro benzene ring substituents is 1. The van der Waals surface area contributed by atoms with Crippen LogP contribution in [0.4, 0.5) is 11.4 Å². The van der Waals surface area contributed by atoms with Crippen LogP contribution >= 0.6 is 0 Å². The third-order valence-electron chi connectivity index (χ3n) is 3.86. The summed E-state index contributed by atoms with van der Waals surface area (Å²) in [5, 5.41) is 11.1. The van der Waals surface area contributed by atoms with E-state index in [1.54, 1.807) is 27.7 Å². The normalized spacial score (nSPS) is 17.1. The number of nitro benzene ring substituents is 1. The topological polar surface area (TPSA) is 99.0 Å². The van der Waals surface area contributed by atoms with Crippen LogP contribution in [-0.2, 0) is 14.3 Å². The molecule has 0 aliphatic carbocycles. The van der Waals surface area contributed by atoms with Crippen LogP contribution in [-0.4, -0.2) is 35.0 Å². The molecule has 0 aromatic heterocycles. The predicted octanol–water partition coefficient (Wildman–Crippen LogP) is 2.44. The van der Waals surface area contributed by atoms with Gasteiger partial charge in [-0.05, 0) is 33.3 Å². The maximum Gasteiger partial charge on any atom is 0.331 e. The van der Waals surface area contributed by atoms with Gasteiger partial charge in [0.25, 0.3) is 11.6 Å². The van der Waals surface area contributed by atoms with Crippen molar-refractivity contribution < 1.29 is 24.0 Å². The fraction of sp³-hybridized carbons (Fsp3) is 0.500. The van der Waals surface area contributed by atoms with Crippen molar-refractivity contribution in [1.29, 1.82) is 0 Å². The maximum absolute atomic E-state index is 12.8. The third kappa shape index (κ3) is 2.91. The summed E-state index contributed by atoms with van der Waals surface area (Å²) in [7, 11) is 0. The van der Waals surface area contributed by atoms with Gasteiger partial charge in [0, 0.05) is 12.1 Å². The van der Waals surface area contributed by atoms with E-state index in [1.165, 1.54) is 23.1 Å². The molecule has 0 radical (unpaired) electrons. The van der Waals surface area contributed by atoms with Crippen LogP contribution in [0.1, 0.15) is 34.1 Å². The summed E-state index contributed by atoms with van der Waals surface area (Å²) in [6.07, 6.45) is -0.349. The third-order valence-corrected chi connectivity index (χ3v) is 3.86. The number of anilines is 1. The lowest BCUT2D eigenvalue weighted by Crippen LogP contribution is -2.59. The van der Waals surface area contributed by atoms with Gasteiger partial charge in [0.05, 0.1) is 17.2 Å². The molecule has 1 aliphatic heterocycles. The number of esters is 1. The van der Waals surface area contributed by atoms with Crippen molar-refractivity contribution >= 4 is 23.3 Å². The highest BCUT2D eigenvalue weighted by Gasteiger charge is 2.46. The zero-order chi connectivity index (χ0) is 18.1. The Balaban J connectivity index is 2.60. The first-order chi connectivity index (χ1) is 11.2. The summed E-state index contributed by atoms with van der Waals surface area (Å²) in [4.78, 5) is 36.9. The molecule has 0 saturated heterocycles. The molecule has 0 fully saturated rings. The molecule has 1 unspecified atom stereocenters. The van der Waals surface area contributed by atoms with Crippen LogP contribution in [0.2, 0.25) is 0 Å². The molecular weight excluding hydrogens is 316 g/mol. The lowest BCUT2D eigenvalue weighted by Gasteiger charge is -2.41. The van der Waals surface area contributed by atoms with Gasteiger partial charge in [-0.1, -0.05) is 6.92 Å². The number of nitro groups is 1. The fourth-order valence-electron chi connectivity index (χ4n) is 2.59. The Morgan fingerprint density at radius 2 is 2.08 bits per heavy atom. The van der Waals surface area contributed by atoms with E-state index in [2.05, 4.69) is 0 Å².